The van der Waals surface area contributed by atoms with E-state index in [1.54, 1.807) is 35.7 Å². The molecule has 4 aromatic rings. The first-order valence-corrected chi connectivity index (χ1v) is 14.3. The molecule has 0 spiro atoms. The van der Waals surface area contributed by atoms with Crippen LogP contribution in [0.2, 0.25) is 5.15 Å². The quantitative estimate of drug-likeness (QED) is 0.310. The number of amides is 2. The molecule has 0 saturated carbocycles. The second kappa shape index (κ2) is 10.5. The Morgan fingerprint density at radius 3 is 2.81 bits per heavy atom. The maximum atomic E-state index is 16.1. The maximum absolute atomic E-state index is 16.1. The summed E-state index contributed by atoms with van der Waals surface area (Å²) in [6.07, 6.45) is 5.05. The number of nitrogens with zero attached hydrogens (tertiary/aromatic N) is 5. The molecule has 10 nitrogen and oxygen atoms in total. The lowest BCUT2D eigenvalue weighted by Crippen LogP contribution is -2.44. The number of nitrogens with two attached hydrogens (primary N) is 1. The van der Waals surface area contributed by atoms with Crippen molar-refractivity contribution in [2.45, 2.75) is 52.0 Å². The first-order chi connectivity index (χ1) is 20.1. The van der Waals surface area contributed by atoms with Crippen LogP contribution in [0.3, 0.4) is 0 Å². The lowest BCUT2D eigenvalue weighted by atomic mass is 9.79. The molecule has 2 atom stereocenters. The van der Waals surface area contributed by atoms with Gasteiger partial charge in [-0.25, -0.2) is 19.3 Å². The van der Waals surface area contributed by atoms with Gasteiger partial charge in [-0.2, -0.15) is 0 Å². The maximum Gasteiger partial charge on any atom is 0.257 e. The Bertz CT molecular complexity index is 1710. The SMILES string of the molecule is CCOc1cc(C(=O)Nc2ccccn2)cc(F)c1-c1nc([C@@H]2CC[C@@H]3N(C2)C(=O)CC3(C)C)n2c(Cl)cnc(N)c12. The molecule has 218 valence electrons. The summed E-state index contributed by atoms with van der Waals surface area (Å²) in [7, 11) is 0. The van der Waals surface area contributed by atoms with Crippen molar-refractivity contribution in [1.82, 2.24) is 24.3 Å². The van der Waals surface area contributed by atoms with Gasteiger partial charge in [-0.05, 0) is 49.4 Å². The average Bonchev–Trinajstić information content (AvgIpc) is 3.46. The highest BCUT2D eigenvalue weighted by molar-refractivity contribution is 6.30. The number of nitrogen functional groups attached to an aromatic ring is 1. The third-order valence-electron chi connectivity index (χ3n) is 8.21. The van der Waals surface area contributed by atoms with Gasteiger partial charge in [0.2, 0.25) is 5.91 Å². The molecule has 2 saturated heterocycles. The summed E-state index contributed by atoms with van der Waals surface area (Å²) in [6.45, 7) is 6.69. The smallest absolute Gasteiger partial charge is 0.257 e. The van der Waals surface area contributed by atoms with Crippen LogP contribution in [0.4, 0.5) is 16.0 Å². The summed E-state index contributed by atoms with van der Waals surface area (Å²) in [5.74, 6) is -0.192. The van der Waals surface area contributed by atoms with E-state index < -0.39 is 11.7 Å². The number of carbonyl (C=O) groups excluding carboxylic acids is 2. The van der Waals surface area contributed by atoms with E-state index in [0.29, 0.717) is 30.1 Å². The fraction of sp³-hybridized carbons (Fsp3) is 0.367. The summed E-state index contributed by atoms with van der Waals surface area (Å²) in [4.78, 5) is 41.1. The minimum Gasteiger partial charge on any atom is -0.493 e. The Kier molecular flexibility index (Phi) is 7.00. The Hall–Kier alpha value is -4.25. The molecule has 5 heterocycles. The van der Waals surface area contributed by atoms with Crippen molar-refractivity contribution >= 4 is 40.6 Å². The number of halogens is 2. The van der Waals surface area contributed by atoms with Gasteiger partial charge >= 0.3 is 0 Å². The van der Waals surface area contributed by atoms with Crippen LogP contribution in [-0.4, -0.2) is 55.3 Å². The second-order valence-electron chi connectivity index (χ2n) is 11.4. The highest BCUT2D eigenvalue weighted by atomic mass is 35.5. The topological polar surface area (TPSA) is 128 Å². The monoisotopic (exact) mass is 591 g/mol. The summed E-state index contributed by atoms with van der Waals surface area (Å²) >= 11 is 6.66. The van der Waals surface area contributed by atoms with Crippen molar-refractivity contribution in [2.75, 3.05) is 24.2 Å². The Morgan fingerprint density at radius 2 is 2.07 bits per heavy atom. The standard InChI is InChI=1S/C30H31ClFN7O3/c1-4-42-19-12-17(29(41)36-22-7-5-6-10-34-22)11-18(32)24(19)25-26-27(33)35-14-21(31)39(26)28(37-25)16-8-9-20-30(2,3)13-23(40)38(20)15-16/h5-7,10-12,14,16,20H,4,8-9,13,15H2,1-3H3,(H2,33,35)(H,34,36,41)/t16-,20+/m1/s1. The minimum atomic E-state index is -0.724. The minimum absolute atomic E-state index is 0.0396. The lowest BCUT2D eigenvalue weighted by molar-refractivity contribution is -0.130. The number of pyridine rings is 1. The number of ether oxygens (including phenoxy) is 1. The van der Waals surface area contributed by atoms with Gasteiger partial charge in [-0.1, -0.05) is 31.5 Å². The Morgan fingerprint density at radius 1 is 1.26 bits per heavy atom. The molecule has 12 heteroatoms. The van der Waals surface area contributed by atoms with Crippen molar-refractivity contribution in [3.63, 3.8) is 0 Å². The van der Waals surface area contributed by atoms with Crippen molar-refractivity contribution in [1.29, 1.82) is 0 Å². The highest BCUT2D eigenvalue weighted by Crippen LogP contribution is 2.46. The van der Waals surface area contributed by atoms with Crippen LogP contribution >= 0.6 is 11.6 Å². The third kappa shape index (κ3) is 4.71. The average molecular weight is 592 g/mol. The Labute approximate surface area is 247 Å². The normalized spacial score (nSPS) is 19.6. The van der Waals surface area contributed by atoms with Gasteiger partial charge < -0.3 is 20.7 Å². The third-order valence-corrected chi connectivity index (χ3v) is 8.47. The number of aromatic nitrogens is 4. The number of hydrogen-bond donors (Lipinski definition) is 2. The van der Waals surface area contributed by atoms with E-state index in [1.165, 1.54) is 12.3 Å². The van der Waals surface area contributed by atoms with Gasteiger partial charge in [0.1, 0.15) is 45.4 Å². The van der Waals surface area contributed by atoms with Crippen LogP contribution in [0.1, 0.15) is 62.1 Å². The molecule has 2 aliphatic heterocycles. The molecule has 2 amide bonds. The summed E-state index contributed by atoms with van der Waals surface area (Å²) < 4.78 is 23.6. The molecule has 3 N–H and O–H groups in total. The zero-order valence-electron chi connectivity index (χ0n) is 23.5. The van der Waals surface area contributed by atoms with Crippen LogP contribution in [-0.2, 0) is 4.79 Å². The summed E-state index contributed by atoms with van der Waals surface area (Å²) in [5.41, 5.74) is 6.87. The number of imidazole rings is 1. The molecule has 42 heavy (non-hydrogen) atoms. The van der Waals surface area contributed by atoms with Gasteiger partial charge in [0.15, 0.2) is 0 Å². The molecule has 3 aromatic heterocycles. The van der Waals surface area contributed by atoms with E-state index in [4.69, 9.17) is 27.1 Å². The first kappa shape index (κ1) is 27.9. The predicted molar refractivity (Wildman–Crippen MR) is 157 cm³/mol. The second-order valence-corrected chi connectivity index (χ2v) is 11.8. The number of carbonyl (C=O) groups is 2. The fourth-order valence-electron chi connectivity index (χ4n) is 6.30. The zero-order valence-corrected chi connectivity index (χ0v) is 24.3. The van der Waals surface area contributed by atoms with Crippen LogP contribution in [0.15, 0.2) is 42.7 Å². The van der Waals surface area contributed by atoms with Gasteiger partial charge in [0.05, 0.1) is 18.4 Å². The number of piperidine rings is 1. The number of fused-ring (bicyclic) bond motifs is 2. The molecule has 1 aromatic carbocycles. The first-order valence-electron chi connectivity index (χ1n) is 13.9. The number of benzene rings is 1. The number of nitrogens with one attached hydrogen (secondary N) is 1. The number of anilines is 2. The fourth-order valence-corrected chi connectivity index (χ4v) is 6.52. The number of rotatable bonds is 6. The van der Waals surface area contributed by atoms with Crippen molar-refractivity contribution < 1.29 is 18.7 Å². The van der Waals surface area contributed by atoms with Crippen LogP contribution in [0.5, 0.6) is 5.75 Å². The summed E-state index contributed by atoms with van der Waals surface area (Å²) in [6, 6.07) is 7.84. The molecule has 0 unspecified atom stereocenters. The molecule has 0 bridgehead atoms. The van der Waals surface area contributed by atoms with E-state index >= 15 is 4.39 Å². The van der Waals surface area contributed by atoms with Crippen molar-refractivity contribution in [2.24, 2.45) is 5.41 Å². The zero-order chi connectivity index (χ0) is 29.8. The predicted octanol–water partition coefficient (Wildman–Crippen LogP) is 5.32. The molecule has 0 radical (unpaired) electrons. The lowest BCUT2D eigenvalue weighted by Gasteiger charge is -2.39. The van der Waals surface area contributed by atoms with Crippen molar-refractivity contribution in [3.8, 4) is 17.0 Å². The van der Waals surface area contributed by atoms with Crippen molar-refractivity contribution in [3.05, 3.63) is 65.1 Å². The highest BCUT2D eigenvalue weighted by Gasteiger charge is 2.48. The van der Waals surface area contributed by atoms with E-state index in [9.17, 15) is 9.59 Å². The molecular weight excluding hydrogens is 561 g/mol. The number of hydrogen-bond acceptors (Lipinski definition) is 7. The largest absolute Gasteiger partial charge is 0.493 e. The molecule has 2 aliphatic rings. The van der Waals surface area contributed by atoms with E-state index in [0.717, 1.165) is 18.9 Å². The van der Waals surface area contributed by atoms with Crippen LogP contribution < -0.4 is 15.8 Å². The van der Waals surface area contributed by atoms with E-state index in [1.807, 2.05) is 4.90 Å². The van der Waals surface area contributed by atoms with E-state index in [2.05, 4.69) is 29.1 Å². The summed E-state index contributed by atoms with van der Waals surface area (Å²) in [5, 5.41) is 2.92. The molecular formula is C30H31ClFN7O3. The molecule has 6 rings (SSSR count). The Balaban J connectivity index is 1.45. The molecule has 0 aliphatic carbocycles. The van der Waals surface area contributed by atoms with Gasteiger partial charge in [-0.15, -0.1) is 0 Å². The van der Waals surface area contributed by atoms with E-state index in [-0.39, 0.29) is 63.4 Å². The van der Waals surface area contributed by atoms with Crippen LogP contribution in [0.25, 0.3) is 16.8 Å². The molecule has 2 fully saturated rings. The van der Waals surface area contributed by atoms with Gasteiger partial charge in [-0.3, -0.25) is 14.0 Å². The van der Waals surface area contributed by atoms with Gasteiger partial charge in [0, 0.05) is 36.7 Å². The van der Waals surface area contributed by atoms with Gasteiger partial charge in [0.25, 0.3) is 5.91 Å². The van der Waals surface area contributed by atoms with Crippen LogP contribution in [0, 0.1) is 11.2 Å².